The van der Waals surface area contributed by atoms with Crippen molar-refractivity contribution in [1.82, 2.24) is 29.0 Å². The van der Waals surface area contributed by atoms with Crippen molar-refractivity contribution in [3.05, 3.63) is 64.3 Å². The van der Waals surface area contributed by atoms with Crippen LogP contribution in [0.15, 0.2) is 47.3 Å². The van der Waals surface area contributed by atoms with Gasteiger partial charge in [-0.2, -0.15) is 4.68 Å². The third-order valence-electron chi connectivity index (χ3n) is 6.46. The molecule has 5 rings (SSSR count). The number of aromatic amines is 1. The van der Waals surface area contributed by atoms with Crippen molar-refractivity contribution < 1.29 is 4.98 Å². The van der Waals surface area contributed by atoms with Gasteiger partial charge in [0.1, 0.15) is 5.69 Å². The number of pyridine rings is 1. The minimum atomic E-state index is -0.235. The van der Waals surface area contributed by atoms with Crippen LogP contribution in [0.2, 0.25) is 0 Å². The number of rotatable bonds is 5. The summed E-state index contributed by atoms with van der Waals surface area (Å²) in [6.45, 7) is 9.28. The first-order valence-electron chi connectivity index (χ1n) is 11.7. The minimum Gasteiger partial charge on any atom is -0.304 e. The Balaban J connectivity index is 1.65. The summed E-state index contributed by atoms with van der Waals surface area (Å²) in [6, 6.07) is 14.0. The molecule has 1 fully saturated rings. The van der Waals surface area contributed by atoms with Crippen LogP contribution in [0.5, 0.6) is 0 Å². The van der Waals surface area contributed by atoms with E-state index in [0.29, 0.717) is 12.2 Å². The molecule has 4 aromatic rings. The molecule has 1 aliphatic rings. The lowest BCUT2D eigenvalue weighted by atomic mass is 9.99. The number of likely N-dealkylation sites (N-methyl/N-ethyl adjacent to an activating group) is 1. The number of aromatic nitrogens is 5. The SMILES string of the molecule is Cc1cc(-c2c(-c3ccccc3)[nH+]c(N)n3c(=O)n(CCN4CCN(C)CC4)nc23)cc(C)n1. The molecule has 0 spiro atoms. The Morgan fingerprint density at radius 2 is 1.65 bits per heavy atom. The summed E-state index contributed by atoms with van der Waals surface area (Å²) in [5, 5.41) is 4.80. The molecule has 0 radical (unpaired) electrons. The average Bonchev–Trinajstić information content (AvgIpc) is 3.15. The van der Waals surface area contributed by atoms with E-state index in [1.165, 1.54) is 9.08 Å². The molecular formula is C25H31N8O+. The smallest absolute Gasteiger partial charge is 0.304 e. The molecule has 1 aromatic carbocycles. The minimum absolute atomic E-state index is 0.235. The number of aryl methyl sites for hydroxylation is 2. The third kappa shape index (κ3) is 4.20. The molecule has 0 unspecified atom stereocenters. The number of piperazine rings is 1. The zero-order valence-corrected chi connectivity index (χ0v) is 20.0. The molecule has 4 heterocycles. The Labute approximate surface area is 198 Å². The number of nitrogens with two attached hydrogens (primary N) is 1. The van der Waals surface area contributed by atoms with E-state index in [9.17, 15) is 4.79 Å². The number of benzene rings is 1. The second kappa shape index (κ2) is 9.00. The molecule has 176 valence electrons. The molecular weight excluding hydrogens is 428 g/mol. The highest BCUT2D eigenvalue weighted by Crippen LogP contribution is 2.32. The van der Waals surface area contributed by atoms with E-state index in [-0.39, 0.29) is 11.6 Å². The zero-order chi connectivity index (χ0) is 23.8. The normalized spacial score (nSPS) is 15.3. The van der Waals surface area contributed by atoms with E-state index >= 15 is 0 Å². The van der Waals surface area contributed by atoms with Gasteiger partial charge in [-0.25, -0.2) is 9.78 Å². The summed E-state index contributed by atoms with van der Waals surface area (Å²) in [5.41, 5.74) is 12.1. The summed E-state index contributed by atoms with van der Waals surface area (Å²) in [7, 11) is 2.14. The van der Waals surface area contributed by atoms with Crippen LogP contribution in [0.25, 0.3) is 28.0 Å². The second-order valence-corrected chi connectivity index (χ2v) is 9.07. The Kier molecular flexibility index (Phi) is 5.89. The van der Waals surface area contributed by atoms with E-state index in [0.717, 1.165) is 66.5 Å². The quantitative estimate of drug-likeness (QED) is 0.486. The molecule has 0 bridgehead atoms. The van der Waals surface area contributed by atoms with Crippen molar-refractivity contribution in [2.75, 3.05) is 45.5 Å². The van der Waals surface area contributed by atoms with Crippen LogP contribution in [0.1, 0.15) is 11.4 Å². The molecule has 9 nitrogen and oxygen atoms in total. The topological polar surface area (TPSA) is 98.8 Å². The van der Waals surface area contributed by atoms with Gasteiger partial charge >= 0.3 is 11.6 Å². The van der Waals surface area contributed by atoms with Gasteiger partial charge in [0.05, 0.1) is 12.1 Å². The summed E-state index contributed by atoms with van der Waals surface area (Å²) < 4.78 is 3.02. The highest BCUT2D eigenvalue weighted by molar-refractivity contribution is 5.88. The summed E-state index contributed by atoms with van der Waals surface area (Å²) >= 11 is 0. The van der Waals surface area contributed by atoms with Gasteiger partial charge in [0.2, 0.25) is 5.65 Å². The monoisotopic (exact) mass is 459 g/mol. The molecule has 0 atom stereocenters. The van der Waals surface area contributed by atoms with Crippen LogP contribution in [-0.2, 0) is 6.54 Å². The van der Waals surface area contributed by atoms with Gasteiger partial charge in [0, 0.05) is 49.7 Å². The standard InChI is InChI=1S/C25H30N8O/c1-17-15-20(16-18(2)27-17)21-22(19-7-5-4-6-8-19)28-24(26)33-23(21)29-32(25(33)34)14-13-31-11-9-30(3)10-12-31/h4-8,15-16H,9-14H2,1-3H3,(H2,26,28)/p+1. The molecule has 1 saturated heterocycles. The average molecular weight is 460 g/mol. The maximum Gasteiger partial charge on any atom is 0.411 e. The van der Waals surface area contributed by atoms with Crippen LogP contribution >= 0.6 is 0 Å². The number of anilines is 1. The Morgan fingerprint density at radius 1 is 0.971 bits per heavy atom. The van der Waals surface area contributed by atoms with E-state index < -0.39 is 0 Å². The molecule has 9 heteroatoms. The maximum absolute atomic E-state index is 13.4. The number of fused-ring (bicyclic) bond motifs is 1. The molecule has 3 aromatic heterocycles. The number of H-pyrrole nitrogens is 1. The number of hydrogen-bond acceptors (Lipinski definition) is 6. The first kappa shape index (κ1) is 22.2. The Hall–Kier alpha value is -3.56. The summed E-state index contributed by atoms with van der Waals surface area (Å²) in [5.74, 6) is 0.260. The van der Waals surface area contributed by atoms with Crippen LogP contribution in [0, 0.1) is 13.8 Å². The molecule has 0 amide bonds. The van der Waals surface area contributed by atoms with Gasteiger partial charge in [-0.05, 0) is 38.6 Å². The van der Waals surface area contributed by atoms with Gasteiger partial charge in [-0.1, -0.05) is 30.3 Å². The van der Waals surface area contributed by atoms with Gasteiger partial charge in [0.15, 0.2) is 0 Å². The first-order chi connectivity index (χ1) is 16.4. The molecule has 34 heavy (non-hydrogen) atoms. The number of hydrogen-bond donors (Lipinski definition) is 1. The van der Waals surface area contributed by atoms with Crippen molar-refractivity contribution in [2.24, 2.45) is 0 Å². The number of nitrogens with zero attached hydrogens (tertiary/aromatic N) is 6. The Morgan fingerprint density at radius 3 is 2.32 bits per heavy atom. The van der Waals surface area contributed by atoms with E-state index in [4.69, 9.17) is 10.8 Å². The lowest BCUT2D eigenvalue weighted by Crippen LogP contribution is -2.45. The largest absolute Gasteiger partial charge is 0.411 e. The highest BCUT2D eigenvalue weighted by Gasteiger charge is 2.26. The van der Waals surface area contributed by atoms with Crippen LogP contribution in [0.3, 0.4) is 0 Å². The van der Waals surface area contributed by atoms with Crippen LogP contribution in [0.4, 0.5) is 5.95 Å². The highest BCUT2D eigenvalue weighted by atomic mass is 16.2. The van der Waals surface area contributed by atoms with Gasteiger partial charge in [-0.3, -0.25) is 15.6 Å². The third-order valence-corrected chi connectivity index (χ3v) is 6.46. The van der Waals surface area contributed by atoms with E-state index in [1.54, 1.807) is 0 Å². The van der Waals surface area contributed by atoms with Crippen molar-refractivity contribution in [3.63, 3.8) is 0 Å². The lowest BCUT2D eigenvalue weighted by molar-refractivity contribution is -0.351. The molecule has 0 saturated carbocycles. The van der Waals surface area contributed by atoms with Gasteiger partial charge in [0.25, 0.3) is 0 Å². The number of nitrogens with one attached hydrogen (secondary N) is 1. The van der Waals surface area contributed by atoms with Gasteiger partial charge < -0.3 is 4.90 Å². The maximum atomic E-state index is 13.4. The van der Waals surface area contributed by atoms with Crippen LogP contribution < -0.4 is 16.4 Å². The predicted octanol–water partition coefficient (Wildman–Crippen LogP) is 1.49. The van der Waals surface area contributed by atoms with Crippen molar-refractivity contribution in [2.45, 2.75) is 20.4 Å². The first-order valence-corrected chi connectivity index (χ1v) is 11.7. The Bertz CT molecular complexity index is 1360. The number of nitrogen functional groups attached to an aromatic ring is 1. The second-order valence-electron chi connectivity index (χ2n) is 9.07. The predicted molar refractivity (Wildman–Crippen MR) is 132 cm³/mol. The van der Waals surface area contributed by atoms with Gasteiger partial charge in [-0.15, -0.1) is 9.50 Å². The van der Waals surface area contributed by atoms with Crippen molar-refractivity contribution >= 4 is 11.6 Å². The summed E-state index contributed by atoms with van der Waals surface area (Å²) in [6.07, 6.45) is 0. The van der Waals surface area contributed by atoms with E-state index in [2.05, 4.69) is 26.8 Å². The fourth-order valence-corrected chi connectivity index (χ4v) is 4.67. The fourth-order valence-electron chi connectivity index (χ4n) is 4.67. The van der Waals surface area contributed by atoms with Crippen molar-refractivity contribution in [1.29, 1.82) is 0 Å². The summed E-state index contributed by atoms with van der Waals surface area (Å²) in [4.78, 5) is 25.9. The van der Waals surface area contributed by atoms with Crippen LogP contribution in [-0.4, -0.2) is 68.7 Å². The molecule has 1 aliphatic heterocycles. The fraction of sp³-hybridized carbons (Fsp3) is 0.360. The zero-order valence-electron chi connectivity index (χ0n) is 20.0. The molecule has 0 aliphatic carbocycles. The molecule has 3 N–H and O–H groups in total. The lowest BCUT2D eigenvalue weighted by Gasteiger charge is -2.32. The van der Waals surface area contributed by atoms with Crippen molar-refractivity contribution in [3.8, 4) is 22.4 Å². The van der Waals surface area contributed by atoms with E-state index in [1.807, 2.05) is 56.3 Å².